The van der Waals surface area contributed by atoms with E-state index in [0.717, 1.165) is 0 Å². The van der Waals surface area contributed by atoms with Crippen molar-refractivity contribution in [2.75, 3.05) is 0 Å². The van der Waals surface area contributed by atoms with Crippen LogP contribution in [0.5, 0.6) is 5.75 Å². The maximum atomic E-state index is 10.8. The van der Waals surface area contributed by atoms with E-state index in [2.05, 4.69) is 0 Å². The van der Waals surface area contributed by atoms with Crippen LogP contribution in [0.1, 0.15) is 10.4 Å². The van der Waals surface area contributed by atoms with Crippen LogP contribution in [0, 0.1) is 0 Å². The molecule has 0 aromatic rings. The molecule has 0 amide bonds. The predicted molar refractivity (Wildman–Crippen MR) is 51.7 cm³/mol. The molecular weight excluding hydrogens is 180 g/mol. The first-order chi connectivity index (χ1) is 6.70. The van der Waals surface area contributed by atoms with Gasteiger partial charge in [0.05, 0.1) is 5.56 Å². The Bertz CT molecular complexity index is 462. The third-order valence-corrected chi connectivity index (χ3v) is 2.12. The Morgan fingerprint density at radius 1 is 1.07 bits per heavy atom. The quantitative estimate of drug-likeness (QED) is 0.721. The Morgan fingerprint density at radius 2 is 1.71 bits per heavy atom. The van der Waals surface area contributed by atoms with Gasteiger partial charge in [0.2, 0.25) is 0 Å². The molecule has 3 nitrogen and oxygen atoms in total. The number of carboxylic acids is 1. The van der Waals surface area contributed by atoms with E-state index in [-0.39, 0.29) is 11.3 Å². The number of hydrogen-bond acceptors (Lipinski definition) is 2. The lowest BCUT2D eigenvalue weighted by atomic mass is 10.1. The molecule has 0 radical (unpaired) electrons. The zero-order valence-electron chi connectivity index (χ0n) is 7.27. The Balaban J connectivity index is 2.76. The van der Waals surface area contributed by atoms with Crippen molar-refractivity contribution >= 4 is 5.97 Å². The van der Waals surface area contributed by atoms with E-state index in [4.69, 9.17) is 5.11 Å². The second-order valence-corrected chi connectivity index (χ2v) is 2.99. The van der Waals surface area contributed by atoms with E-state index >= 15 is 0 Å². The molecule has 0 unspecified atom stereocenters. The van der Waals surface area contributed by atoms with E-state index in [9.17, 15) is 9.90 Å². The lowest BCUT2D eigenvalue weighted by Gasteiger charge is -1.94. The van der Waals surface area contributed by atoms with Gasteiger partial charge < -0.3 is 10.2 Å². The van der Waals surface area contributed by atoms with Crippen LogP contribution in [-0.2, 0) is 0 Å². The second-order valence-electron chi connectivity index (χ2n) is 2.99. The molecule has 0 saturated carbocycles. The minimum Gasteiger partial charge on any atom is -0.507 e. The number of hydrogen-bond donors (Lipinski definition) is 2. The lowest BCUT2D eigenvalue weighted by Crippen LogP contribution is -1.94. The molecule has 14 heavy (non-hydrogen) atoms. The molecule has 0 atom stereocenters. The highest BCUT2D eigenvalue weighted by atomic mass is 16.4. The van der Waals surface area contributed by atoms with Crippen molar-refractivity contribution in [3.8, 4) is 16.9 Å². The minimum absolute atomic E-state index is 0.00796. The van der Waals surface area contributed by atoms with Gasteiger partial charge in [-0.2, -0.15) is 0 Å². The van der Waals surface area contributed by atoms with Gasteiger partial charge in [-0.25, -0.2) is 4.79 Å². The summed E-state index contributed by atoms with van der Waals surface area (Å²) in [5.74, 6) is -1.02. The Hall–Kier alpha value is -2.03. The van der Waals surface area contributed by atoms with Crippen LogP contribution in [0.15, 0.2) is 36.4 Å². The molecule has 2 rings (SSSR count). The first-order valence-electron chi connectivity index (χ1n) is 4.14. The summed E-state index contributed by atoms with van der Waals surface area (Å²) in [4.78, 5) is 10.8. The summed E-state index contributed by atoms with van der Waals surface area (Å²) in [6.07, 6.45) is 0. The van der Waals surface area contributed by atoms with Crippen molar-refractivity contribution in [1.29, 1.82) is 0 Å². The Labute approximate surface area is 80.6 Å². The summed E-state index contributed by atoms with van der Waals surface area (Å²) in [6, 6.07) is 9.93. The van der Waals surface area contributed by atoms with Gasteiger partial charge in [0.1, 0.15) is 5.75 Å². The van der Waals surface area contributed by atoms with Gasteiger partial charge >= 0.3 is 5.97 Å². The molecule has 0 spiro atoms. The number of carbonyl (C=O) groups is 1. The zero-order valence-corrected chi connectivity index (χ0v) is 7.27. The molecule has 0 heterocycles. The number of aromatic carboxylic acids is 1. The van der Waals surface area contributed by atoms with Gasteiger partial charge in [0.25, 0.3) is 0 Å². The molecule has 2 N–H and O–H groups in total. The van der Waals surface area contributed by atoms with Crippen molar-refractivity contribution in [3.05, 3.63) is 42.0 Å². The zero-order chi connectivity index (χ0) is 10.1. The smallest absolute Gasteiger partial charge is 0.336 e. The largest absolute Gasteiger partial charge is 0.507 e. The van der Waals surface area contributed by atoms with Crippen LogP contribution < -0.4 is 0 Å². The van der Waals surface area contributed by atoms with Gasteiger partial charge in [-0.15, -0.1) is 0 Å². The molecular formula is C11H8O3. The minimum atomic E-state index is -1.03. The van der Waals surface area contributed by atoms with Crippen molar-refractivity contribution in [3.63, 3.8) is 0 Å². The summed E-state index contributed by atoms with van der Waals surface area (Å²) < 4.78 is 0. The lowest BCUT2D eigenvalue weighted by molar-refractivity contribution is 0.0698. The molecule has 3 heteroatoms. The molecule has 0 aromatic heterocycles. The van der Waals surface area contributed by atoms with Crippen LogP contribution in [0.25, 0.3) is 11.1 Å². The van der Waals surface area contributed by atoms with Crippen LogP contribution >= 0.6 is 0 Å². The van der Waals surface area contributed by atoms with E-state index in [1.807, 2.05) is 0 Å². The number of fused-ring (bicyclic) bond motifs is 1. The van der Waals surface area contributed by atoms with Crippen molar-refractivity contribution in [2.45, 2.75) is 0 Å². The molecule has 0 saturated heterocycles. The number of aromatic hydroxyl groups is 1. The Kier molecular flexibility index (Phi) is 1.85. The van der Waals surface area contributed by atoms with Crippen molar-refractivity contribution in [1.82, 2.24) is 0 Å². The molecule has 2 aliphatic rings. The highest BCUT2D eigenvalue weighted by Gasteiger charge is 2.18. The van der Waals surface area contributed by atoms with E-state index < -0.39 is 5.97 Å². The van der Waals surface area contributed by atoms with E-state index in [1.165, 1.54) is 6.07 Å². The van der Waals surface area contributed by atoms with Crippen molar-refractivity contribution in [2.24, 2.45) is 0 Å². The average Bonchev–Trinajstić information content (AvgIpc) is 2.38. The summed E-state index contributed by atoms with van der Waals surface area (Å²) in [5, 5.41) is 18.4. The average molecular weight is 188 g/mol. The van der Waals surface area contributed by atoms with Gasteiger partial charge in [0.15, 0.2) is 0 Å². The highest BCUT2D eigenvalue weighted by Crippen LogP contribution is 2.36. The summed E-state index contributed by atoms with van der Waals surface area (Å²) in [7, 11) is 0. The monoisotopic (exact) mass is 188 g/mol. The maximum absolute atomic E-state index is 10.8. The second kappa shape index (κ2) is 3.03. The van der Waals surface area contributed by atoms with Crippen LogP contribution in [0.2, 0.25) is 0 Å². The van der Waals surface area contributed by atoms with Crippen LogP contribution in [0.4, 0.5) is 0 Å². The van der Waals surface area contributed by atoms with Gasteiger partial charge in [-0.1, -0.05) is 30.3 Å². The third-order valence-electron chi connectivity index (χ3n) is 2.12. The van der Waals surface area contributed by atoms with Gasteiger partial charge in [0, 0.05) is 5.56 Å². The number of rotatable bonds is 1. The molecule has 2 aliphatic carbocycles. The van der Waals surface area contributed by atoms with E-state index in [0.29, 0.717) is 11.1 Å². The van der Waals surface area contributed by atoms with Crippen molar-refractivity contribution < 1.29 is 15.0 Å². The third kappa shape index (κ3) is 1.19. The van der Waals surface area contributed by atoms with Gasteiger partial charge in [-0.3, -0.25) is 0 Å². The summed E-state index contributed by atoms with van der Waals surface area (Å²) in [5.41, 5.74) is 1.25. The topological polar surface area (TPSA) is 57.5 Å². The number of carboxylic acid groups (broad SMARTS) is 1. The predicted octanol–water partition coefficient (Wildman–Crippen LogP) is 2.20. The molecule has 0 bridgehead atoms. The first kappa shape index (κ1) is 8.56. The van der Waals surface area contributed by atoms with Crippen LogP contribution in [0.3, 0.4) is 0 Å². The first-order valence-corrected chi connectivity index (χ1v) is 4.14. The fourth-order valence-corrected chi connectivity index (χ4v) is 1.47. The molecule has 70 valence electrons. The van der Waals surface area contributed by atoms with Gasteiger partial charge in [-0.05, 0) is 11.6 Å². The maximum Gasteiger partial charge on any atom is 0.336 e. The van der Waals surface area contributed by atoms with E-state index in [1.54, 1.807) is 30.3 Å². The Morgan fingerprint density at radius 3 is 2.36 bits per heavy atom. The normalized spacial score (nSPS) is 10.3. The fourth-order valence-electron chi connectivity index (χ4n) is 1.47. The van der Waals surface area contributed by atoms with Crippen LogP contribution in [-0.4, -0.2) is 16.2 Å². The summed E-state index contributed by atoms with van der Waals surface area (Å²) >= 11 is 0. The summed E-state index contributed by atoms with van der Waals surface area (Å²) in [6.45, 7) is 0. The fraction of sp³-hybridized carbons (Fsp3) is 0. The molecule has 0 fully saturated rings. The SMILES string of the molecule is O=C(O)c1cc(O)c2cccccc1-2. The standard InChI is InChI=1S/C11H8O3/c12-10-6-9(11(13)14)7-4-2-1-3-5-8(7)10/h1-6,12H,(H,13,14). The molecule has 0 aromatic carbocycles. The highest BCUT2D eigenvalue weighted by molar-refractivity contribution is 5.99. The molecule has 0 aliphatic heterocycles.